The average molecular weight is 278 g/mol. The molecule has 2 aromatic rings. The van der Waals surface area contributed by atoms with E-state index < -0.39 is 0 Å². The van der Waals surface area contributed by atoms with Crippen LogP contribution in [0.3, 0.4) is 0 Å². The summed E-state index contributed by atoms with van der Waals surface area (Å²) in [7, 11) is 3.93. The number of pyridine rings is 1. The van der Waals surface area contributed by atoms with Gasteiger partial charge < -0.3 is 0 Å². The Hall–Kier alpha value is -2.64. The van der Waals surface area contributed by atoms with E-state index in [1.165, 1.54) is 4.57 Å². The number of rotatable bonds is 2. The molecule has 4 nitrogen and oxygen atoms in total. The van der Waals surface area contributed by atoms with Crippen molar-refractivity contribution in [1.82, 2.24) is 9.47 Å². The molecule has 0 radical (unpaired) electrons. The topological polar surface area (TPSA) is 55.9 Å². The molecule has 0 bridgehead atoms. The fourth-order valence-corrected chi connectivity index (χ4v) is 1.79. The van der Waals surface area contributed by atoms with Crippen molar-refractivity contribution in [3.63, 3.8) is 0 Å². The second-order valence-corrected chi connectivity index (χ2v) is 4.93. The van der Waals surface area contributed by atoms with Crippen molar-refractivity contribution in [3.05, 3.63) is 65.3 Å². The van der Waals surface area contributed by atoms with Gasteiger partial charge in [0, 0.05) is 17.3 Å². The number of hydrogen-bond donors (Lipinski definition) is 2. The van der Waals surface area contributed by atoms with Crippen molar-refractivity contribution in [2.75, 3.05) is 20.6 Å². The minimum Gasteiger partial charge on any atom is -0.299 e. The van der Waals surface area contributed by atoms with Crippen molar-refractivity contribution in [2.24, 2.45) is 0 Å². The lowest BCUT2D eigenvalue weighted by Crippen LogP contribution is -2.26. The molecule has 0 atom stereocenters. The Morgan fingerprint density at radius 1 is 1.14 bits per heavy atom. The van der Waals surface area contributed by atoms with Gasteiger partial charge in [-0.25, -0.2) is 0 Å². The van der Waals surface area contributed by atoms with Gasteiger partial charge in [-0.3, -0.25) is 20.3 Å². The van der Waals surface area contributed by atoms with Gasteiger partial charge >= 0.3 is 0 Å². The zero-order chi connectivity index (χ0) is 15.2. The summed E-state index contributed by atoms with van der Waals surface area (Å²) < 4.78 is 1.54. The quantitative estimate of drug-likeness (QED) is 0.491. The van der Waals surface area contributed by atoms with Gasteiger partial charge in [-0.15, -0.1) is 0 Å². The van der Waals surface area contributed by atoms with Crippen LogP contribution in [0.2, 0.25) is 0 Å². The summed E-state index contributed by atoms with van der Waals surface area (Å²) in [4.78, 5) is 1.99. The van der Waals surface area contributed by atoms with Crippen LogP contribution in [0, 0.1) is 22.7 Å². The van der Waals surface area contributed by atoms with Crippen LogP contribution < -0.4 is 5.49 Å². The molecule has 0 spiro atoms. The predicted octanol–water partition coefficient (Wildman–Crippen LogP) is 1.75. The second-order valence-electron chi connectivity index (χ2n) is 4.93. The molecule has 1 aromatic carbocycles. The summed E-state index contributed by atoms with van der Waals surface area (Å²) in [5.41, 5.74) is 1.84. The van der Waals surface area contributed by atoms with Crippen molar-refractivity contribution < 1.29 is 0 Å². The Balaban J connectivity index is 2.33. The second kappa shape index (κ2) is 6.69. The molecular formula is C17H18N4. The van der Waals surface area contributed by atoms with Gasteiger partial charge in [0.2, 0.25) is 0 Å². The van der Waals surface area contributed by atoms with E-state index in [1.54, 1.807) is 18.3 Å². The molecule has 2 rings (SSSR count). The van der Waals surface area contributed by atoms with Gasteiger partial charge in [-0.2, -0.15) is 0 Å². The first-order valence-electron chi connectivity index (χ1n) is 6.63. The third-order valence-corrected chi connectivity index (χ3v) is 2.86. The zero-order valence-corrected chi connectivity index (χ0v) is 12.2. The third-order valence-electron chi connectivity index (χ3n) is 2.86. The van der Waals surface area contributed by atoms with E-state index in [9.17, 15) is 0 Å². The number of hydrogen-bond acceptors (Lipinski definition) is 3. The number of nitrogens with zero attached hydrogens (tertiary/aromatic N) is 2. The Labute approximate surface area is 124 Å². The maximum Gasteiger partial charge on any atom is 0.137 e. The minimum atomic E-state index is 0.266. The highest BCUT2D eigenvalue weighted by Crippen LogP contribution is 2.02. The van der Waals surface area contributed by atoms with Crippen molar-refractivity contribution >= 4 is 5.84 Å². The highest BCUT2D eigenvalue weighted by atomic mass is 15.0. The standard InChI is InChI=1S/C17H18N4/c1-20(2)12-6-7-14-10-11-16(18)21(13-14)17(19)15-8-4-3-5-9-15/h3-5,8-11,13,18-19H,12H2,1-2H3. The molecule has 0 unspecified atom stereocenters. The molecular weight excluding hydrogens is 260 g/mol. The van der Waals surface area contributed by atoms with Crippen molar-refractivity contribution in [2.45, 2.75) is 0 Å². The molecule has 4 heteroatoms. The molecule has 0 aliphatic heterocycles. The first-order chi connectivity index (χ1) is 10.1. The molecule has 106 valence electrons. The van der Waals surface area contributed by atoms with E-state index in [0.717, 1.165) is 11.1 Å². The lowest BCUT2D eigenvalue weighted by Gasteiger charge is -2.09. The average Bonchev–Trinajstić information content (AvgIpc) is 2.49. The third kappa shape index (κ3) is 3.91. The highest BCUT2D eigenvalue weighted by molar-refractivity contribution is 5.97. The van der Waals surface area contributed by atoms with Crippen LogP contribution in [0.4, 0.5) is 0 Å². The van der Waals surface area contributed by atoms with Gasteiger partial charge in [0.05, 0.1) is 6.54 Å². The van der Waals surface area contributed by atoms with Gasteiger partial charge in [-0.05, 0) is 26.2 Å². The molecule has 0 fully saturated rings. The predicted molar refractivity (Wildman–Crippen MR) is 84.4 cm³/mol. The summed E-state index contributed by atoms with van der Waals surface area (Å²) in [6, 6.07) is 12.9. The smallest absolute Gasteiger partial charge is 0.137 e. The van der Waals surface area contributed by atoms with Crippen LogP contribution in [0.15, 0.2) is 48.7 Å². The van der Waals surface area contributed by atoms with E-state index in [4.69, 9.17) is 10.8 Å². The van der Waals surface area contributed by atoms with E-state index in [-0.39, 0.29) is 11.3 Å². The lowest BCUT2D eigenvalue weighted by molar-refractivity contribution is 0.464. The normalized spacial score (nSPS) is 10.0. The van der Waals surface area contributed by atoms with Crippen molar-refractivity contribution in [3.8, 4) is 11.8 Å². The summed E-state index contributed by atoms with van der Waals surface area (Å²) in [6.45, 7) is 0.679. The van der Waals surface area contributed by atoms with Gasteiger partial charge in [0.1, 0.15) is 11.3 Å². The molecule has 21 heavy (non-hydrogen) atoms. The first kappa shape index (κ1) is 14.8. The molecule has 1 aromatic heterocycles. The number of benzene rings is 1. The van der Waals surface area contributed by atoms with Gasteiger partial charge in [-0.1, -0.05) is 42.2 Å². The molecule has 0 saturated carbocycles. The van der Waals surface area contributed by atoms with E-state index in [0.29, 0.717) is 6.54 Å². The van der Waals surface area contributed by atoms with E-state index in [2.05, 4.69) is 11.8 Å². The van der Waals surface area contributed by atoms with E-state index in [1.807, 2.05) is 49.3 Å². The summed E-state index contributed by atoms with van der Waals surface area (Å²) in [5, 5.41) is 16.2. The van der Waals surface area contributed by atoms with Gasteiger partial charge in [0.15, 0.2) is 0 Å². The molecule has 0 saturated heterocycles. The van der Waals surface area contributed by atoms with Crippen LogP contribution in [-0.4, -0.2) is 35.9 Å². The number of aromatic nitrogens is 1. The fourth-order valence-electron chi connectivity index (χ4n) is 1.79. The Morgan fingerprint density at radius 3 is 2.52 bits per heavy atom. The minimum absolute atomic E-state index is 0.266. The fraction of sp³-hybridized carbons (Fsp3) is 0.176. The maximum absolute atomic E-state index is 8.24. The zero-order valence-electron chi connectivity index (χ0n) is 12.2. The van der Waals surface area contributed by atoms with Crippen LogP contribution in [-0.2, 0) is 0 Å². The molecule has 0 aliphatic rings. The van der Waals surface area contributed by atoms with Crippen LogP contribution in [0.1, 0.15) is 11.1 Å². The summed E-state index contributed by atoms with van der Waals surface area (Å²) in [6.07, 6.45) is 1.74. The molecule has 2 N–H and O–H groups in total. The van der Waals surface area contributed by atoms with Crippen LogP contribution in [0.25, 0.3) is 0 Å². The molecule has 0 aliphatic carbocycles. The SMILES string of the molecule is CN(C)CC#Cc1ccc(=N)n(C(=N)c2ccccc2)c1. The number of nitrogens with one attached hydrogen (secondary N) is 2. The van der Waals surface area contributed by atoms with Crippen LogP contribution in [0.5, 0.6) is 0 Å². The monoisotopic (exact) mass is 278 g/mol. The Bertz CT molecular complexity index is 746. The lowest BCUT2D eigenvalue weighted by atomic mass is 10.2. The highest BCUT2D eigenvalue weighted by Gasteiger charge is 2.04. The van der Waals surface area contributed by atoms with E-state index >= 15 is 0 Å². The molecule has 1 heterocycles. The first-order valence-corrected chi connectivity index (χ1v) is 6.63. The summed E-state index contributed by atoms with van der Waals surface area (Å²) >= 11 is 0. The molecule has 0 amide bonds. The Morgan fingerprint density at radius 2 is 1.86 bits per heavy atom. The Kier molecular flexibility index (Phi) is 4.70. The van der Waals surface area contributed by atoms with Gasteiger partial charge in [0.25, 0.3) is 0 Å². The van der Waals surface area contributed by atoms with Crippen molar-refractivity contribution in [1.29, 1.82) is 10.8 Å². The largest absolute Gasteiger partial charge is 0.299 e. The summed E-state index contributed by atoms with van der Waals surface area (Å²) in [5.74, 6) is 6.39. The maximum atomic E-state index is 8.24. The van der Waals surface area contributed by atoms with Crippen LogP contribution >= 0.6 is 0 Å².